The fraction of sp³-hybridized carbons (Fsp3) is 0.400. The summed E-state index contributed by atoms with van der Waals surface area (Å²) in [7, 11) is 1.70. The van der Waals surface area contributed by atoms with E-state index in [-0.39, 0.29) is 6.10 Å². The molecule has 0 spiro atoms. The van der Waals surface area contributed by atoms with Crippen molar-refractivity contribution in [3.05, 3.63) is 42.5 Å². The Bertz CT molecular complexity index is 760. The summed E-state index contributed by atoms with van der Waals surface area (Å²) in [6.45, 7) is 5.28. The van der Waals surface area contributed by atoms with Crippen molar-refractivity contribution in [1.82, 2.24) is 4.90 Å². The molecular formula is C20H25N3O3. The lowest BCUT2D eigenvalue weighted by atomic mass is 10.2. The average molecular weight is 355 g/mol. The molecule has 0 radical (unpaired) electrons. The van der Waals surface area contributed by atoms with Gasteiger partial charge in [0, 0.05) is 38.4 Å². The number of piperazine rings is 1. The zero-order chi connectivity index (χ0) is 17.9. The van der Waals surface area contributed by atoms with Gasteiger partial charge < -0.3 is 24.8 Å². The maximum absolute atomic E-state index is 6.08. The van der Waals surface area contributed by atoms with Gasteiger partial charge in [-0.25, -0.2) is 0 Å². The summed E-state index contributed by atoms with van der Waals surface area (Å²) in [4.78, 5) is 4.76. The SMILES string of the molecule is COc1ccc(N)cc1N1CCN(CC2COc3ccccc3O2)CC1. The van der Waals surface area contributed by atoms with Crippen LogP contribution >= 0.6 is 0 Å². The molecule has 0 amide bonds. The second-order valence-corrected chi connectivity index (χ2v) is 6.72. The smallest absolute Gasteiger partial charge is 0.161 e. The molecule has 1 saturated heterocycles. The maximum Gasteiger partial charge on any atom is 0.161 e. The number of rotatable bonds is 4. The van der Waals surface area contributed by atoms with Gasteiger partial charge in [0.15, 0.2) is 11.5 Å². The molecule has 6 heteroatoms. The zero-order valence-electron chi connectivity index (χ0n) is 15.1. The minimum atomic E-state index is 0.0679. The van der Waals surface area contributed by atoms with Crippen LogP contribution in [0.2, 0.25) is 0 Å². The molecule has 2 aliphatic rings. The number of fused-ring (bicyclic) bond motifs is 1. The van der Waals surface area contributed by atoms with E-state index in [9.17, 15) is 0 Å². The molecule has 138 valence electrons. The van der Waals surface area contributed by atoms with Crippen molar-refractivity contribution in [3.8, 4) is 17.2 Å². The highest BCUT2D eigenvalue weighted by atomic mass is 16.6. The van der Waals surface area contributed by atoms with Crippen molar-refractivity contribution < 1.29 is 14.2 Å². The van der Waals surface area contributed by atoms with Gasteiger partial charge >= 0.3 is 0 Å². The van der Waals surface area contributed by atoms with Crippen LogP contribution in [0.3, 0.4) is 0 Å². The molecule has 26 heavy (non-hydrogen) atoms. The van der Waals surface area contributed by atoms with Gasteiger partial charge in [-0.3, -0.25) is 4.90 Å². The van der Waals surface area contributed by atoms with Crippen molar-refractivity contribution in [1.29, 1.82) is 0 Å². The third kappa shape index (κ3) is 3.51. The Hall–Kier alpha value is -2.60. The van der Waals surface area contributed by atoms with Crippen molar-refractivity contribution in [2.24, 2.45) is 0 Å². The van der Waals surface area contributed by atoms with Gasteiger partial charge in [0.05, 0.1) is 12.8 Å². The lowest BCUT2D eigenvalue weighted by Gasteiger charge is -2.38. The molecular weight excluding hydrogens is 330 g/mol. The van der Waals surface area contributed by atoms with Gasteiger partial charge in [0.25, 0.3) is 0 Å². The van der Waals surface area contributed by atoms with E-state index in [2.05, 4.69) is 9.80 Å². The van der Waals surface area contributed by atoms with Crippen molar-refractivity contribution in [2.45, 2.75) is 6.10 Å². The summed E-state index contributed by atoms with van der Waals surface area (Å²) in [5.74, 6) is 2.54. The molecule has 0 aromatic heterocycles. The fourth-order valence-corrected chi connectivity index (χ4v) is 3.57. The first-order chi connectivity index (χ1) is 12.7. The van der Waals surface area contributed by atoms with Crippen LogP contribution in [0.1, 0.15) is 0 Å². The molecule has 2 aromatic rings. The van der Waals surface area contributed by atoms with E-state index in [1.165, 1.54) is 0 Å². The predicted molar refractivity (Wildman–Crippen MR) is 102 cm³/mol. The molecule has 4 rings (SSSR count). The molecule has 6 nitrogen and oxygen atoms in total. The Balaban J connectivity index is 1.34. The third-order valence-electron chi connectivity index (χ3n) is 4.95. The number of hydrogen-bond acceptors (Lipinski definition) is 6. The topological polar surface area (TPSA) is 60.2 Å². The lowest BCUT2D eigenvalue weighted by Crippen LogP contribution is -2.50. The fourth-order valence-electron chi connectivity index (χ4n) is 3.57. The quantitative estimate of drug-likeness (QED) is 0.849. The number of nitrogens with zero attached hydrogens (tertiary/aromatic N) is 2. The summed E-state index contributed by atoms with van der Waals surface area (Å²) >= 11 is 0. The monoisotopic (exact) mass is 355 g/mol. The first kappa shape index (κ1) is 16.8. The molecule has 2 aromatic carbocycles. The average Bonchev–Trinajstić information content (AvgIpc) is 2.68. The van der Waals surface area contributed by atoms with Gasteiger partial charge in [-0.1, -0.05) is 12.1 Å². The van der Waals surface area contributed by atoms with Crippen LogP contribution in [0.4, 0.5) is 11.4 Å². The summed E-state index contributed by atoms with van der Waals surface area (Å²) < 4.78 is 17.4. The number of methoxy groups -OCH3 is 1. The van der Waals surface area contributed by atoms with Crippen LogP contribution < -0.4 is 24.8 Å². The number of hydrogen-bond donors (Lipinski definition) is 1. The molecule has 1 fully saturated rings. The molecule has 0 aliphatic carbocycles. The van der Waals surface area contributed by atoms with Crippen molar-refractivity contribution in [2.75, 3.05) is 57.1 Å². The summed E-state index contributed by atoms with van der Waals surface area (Å²) in [6, 6.07) is 13.6. The van der Waals surface area contributed by atoms with Crippen LogP contribution in [0.25, 0.3) is 0 Å². The van der Waals surface area contributed by atoms with Crippen LogP contribution in [-0.2, 0) is 0 Å². The van der Waals surface area contributed by atoms with E-state index in [0.29, 0.717) is 6.61 Å². The second-order valence-electron chi connectivity index (χ2n) is 6.72. The number of nitrogen functional groups attached to an aromatic ring is 1. The Morgan fingerprint density at radius 2 is 1.85 bits per heavy atom. The number of nitrogens with two attached hydrogens (primary N) is 1. The van der Waals surface area contributed by atoms with Gasteiger partial charge in [-0.15, -0.1) is 0 Å². The van der Waals surface area contributed by atoms with Crippen molar-refractivity contribution in [3.63, 3.8) is 0 Å². The summed E-state index contributed by atoms with van der Waals surface area (Å²) in [5, 5.41) is 0. The molecule has 0 bridgehead atoms. The first-order valence-electron chi connectivity index (χ1n) is 9.02. The van der Waals surface area contributed by atoms with E-state index in [1.54, 1.807) is 7.11 Å². The molecule has 2 N–H and O–H groups in total. The highest BCUT2D eigenvalue weighted by Crippen LogP contribution is 2.32. The van der Waals surface area contributed by atoms with E-state index in [0.717, 1.165) is 61.3 Å². The van der Waals surface area contributed by atoms with Crippen LogP contribution in [0.15, 0.2) is 42.5 Å². The van der Waals surface area contributed by atoms with E-state index in [1.807, 2.05) is 42.5 Å². The minimum Gasteiger partial charge on any atom is -0.495 e. The minimum absolute atomic E-state index is 0.0679. The molecule has 1 unspecified atom stereocenters. The Morgan fingerprint density at radius 3 is 2.62 bits per heavy atom. The highest BCUT2D eigenvalue weighted by Gasteiger charge is 2.26. The normalized spacial score (nSPS) is 20.0. The Kier molecular flexibility index (Phi) is 4.75. The lowest BCUT2D eigenvalue weighted by molar-refractivity contribution is 0.0571. The molecule has 2 heterocycles. The van der Waals surface area contributed by atoms with Gasteiger partial charge in [-0.2, -0.15) is 0 Å². The first-order valence-corrected chi connectivity index (χ1v) is 9.02. The third-order valence-corrected chi connectivity index (χ3v) is 4.95. The largest absolute Gasteiger partial charge is 0.495 e. The molecule has 1 atom stereocenters. The summed E-state index contributed by atoms with van der Waals surface area (Å²) in [5.41, 5.74) is 7.78. The summed E-state index contributed by atoms with van der Waals surface area (Å²) in [6.07, 6.45) is 0.0679. The van der Waals surface area contributed by atoms with E-state index < -0.39 is 0 Å². The molecule has 0 saturated carbocycles. The molecule has 2 aliphatic heterocycles. The highest BCUT2D eigenvalue weighted by molar-refractivity contribution is 5.65. The van der Waals surface area contributed by atoms with Gasteiger partial charge in [-0.05, 0) is 30.3 Å². The Labute approximate surface area is 154 Å². The van der Waals surface area contributed by atoms with Crippen LogP contribution in [-0.4, -0.2) is 57.4 Å². The predicted octanol–water partition coefficient (Wildman–Crippen LogP) is 2.24. The second kappa shape index (κ2) is 7.33. The number of anilines is 2. The number of benzene rings is 2. The Morgan fingerprint density at radius 1 is 1.08 bits per heavy atom. The maximum atomic E-state index is 6.08. The number of ether oxygens (including phenoxy) is 3. The van der Waals surface area contributed by atoms with Gasteiger partial charge in [0.2, 0.25) is 0 Å². The standard InChI is InChI=1S/C20H25N3O3/c1-24-18-7-6-15(21)12-17(18)23-10-8-22(9-11-23)13-16-14-25-19-4-2-3-5-20(19)26-16/h2-7,12,16H,8-11,13-14,21H2,1H3. The van der Waals surface area contributed by atoms with Crippen LogP contribution in [0.5, 0.6) is 17.2 Å². The van der Waals surface area contributed by atoms with E-state index in [4.69, 9.17) is 19.9 Å². The van der Waals surface area contributed by atoms with Crippen LogP contribution in [0, 0.1) is 0 Å². The number of para-hydroxylation sites is 2. The van der Waals surface area contributed by atoms with Crippen molar-refractivity contribution >= 4 is 11.4 Å². The zero-order valence-corrected chi connectivity index (χ0v) is 15.1. The van der Waals surface area contributed by atoms with E-state index >= 15 is 0 Å². The van der Waals surface area contributed by atoms with Gasteiger partial charge in [0.1, 0.15) is 18.5 Å².